The second kappa shape index (κ2) is 12.2. The highest BCUT2D eigenvalue weighted by molar-refractivity contribution is 7.93. The molecule has 252 valence electrons. The molecule has 0 aromatic heterocycles. The number of hydrogen-bond donors (Lipinski definition) is 1. The molecule has 0 radical (unpaired) electrons. The van der Waals surface area contributed by atoms with Gasteiger partial charge in [0, 0.05) is 42.9 Å². The fourth-order valence-electron chi connectivity index (χ4n) is 6.22. The largest absolute Gasteiger partial charge is 0.573 e. The monoisotopic (exact) mass is 697 g/mol. The number of carbonyl (C=O) groups is 2. The van der Waals surface area contributed by atoms with Gasteiger partial charge >= 0.3 is 6.36 Å². The summed E-state index contributed by atoms with van der Waals surface area (Å²) >= 11 is 6.47. The summed E-state index contributed by atoms with van der Waals surface area (Å²) < 4.78 is 84.9. The molecule has 0 saturated carbocycles. The number of sulfonamides is 1. The van der Waals surface area contributed by atoms with Gasteiger partial charge in [-0.1, -0.05) is 23.7 Å². The maximum absolute atomic E-state index is 15.2. The van der Waals surface area contributed by atoms with E-state index in [4.69, 9.17) is 21.1 Å². The van der Waals surface area contributed by atoms with E-state index in [-0.39, 0.29) is 46.3 Å². The van der Waals surface area contributed by atoms with E-state index in [0.29, 0.717) is 4.31 Å². The minimum absolute atomic E-state index is 0.00168. The van der Waals surface area contributed by atoms with Crippen LogP contribution in [-0.2, 0) is 25.2 Å². The molecule has 5 rings (SSSR count). The third-order valence-corrected chi connectivity index (χ3v) is 10.1. The van der Waals surface area contributed by atoms with Crippen LogP contribution in [-0.4, -0.2) is 88.5 Å². The van der Waals surface area contributed by atoms with Gasteiger partial charge in [-0.15, -0.1) is 13.2 Å². The number of amides is 2. The number of carbonyl (C=O) groups excluding carboxylic acids is 2. The number of likely N-dealkylation sites (tertiary alicyclic amines) is 1. The van der Waals surface area contributed by atoms with E-state index in [9.17, 15) is 31.5 Å². The Hall–Kier alpha value is -4.05. The van der Waals surface area contributed by atoms with Crippen molar-refractivity contribution in [1.29, 1.82) is 0 Å². The fraction of sp³-hybridized carbons (Fsp3) is 0.355. The topological polar surface area (TPSA) is 126 Å². The average Bonchev–Trinajstić information content (AvgIpc) is 3.50. The Kier molecular flexibility index (Phi) is 8.90. The summed E-state index contributed by atoms with van der Waals surface area (Å²) in [6.07, 6.45) is -6.53. The number of fused-ring (bicyclic) bond motifs is 1. The van der Waals surface area contributed by atoms with Crippen molar-refractivity contribution in [1.82, 2.24) is 9.80 Å². The maximum atomic E-state index is 15.2. The van der Waals surface area contributed by atoms with Crippen LogP contribution in [0, 0.1) is 6.92 Å². The molecule has 3 aromatic carbocycles. The van der Waals surface area contributed by atoms with Gasteiger partial charge in [0.1, 0.15) is 16.4 Å². The first-order valence-electron chi connectivity index (χ1n) is 14.1. The van der Waals surface area contributed by atoms with Crippen molar-refractivity contribution < 1.29 is 50.5 Å². The average molecular weight is 698 g/mol. The lowest BCUT2D eigenvalue weighted by atomic mass is 9.80. The molecule has 1 N–H and O–H groups in total. The number of aliphatic hydroxyl groups excluding tert-OH is 1. The predicted octanol–water partition coefficient (Wildman–Crippen LogP) is 4.07. The third-order valence-electron chi connectivity index (χ3n) is 8.14. The molecule has 0 bridgehead atoms. The lowest BCUT2D eigenvalue weighted by Crippen LogP contribution is -2.59. The molecule has 2 amide bonds. The zero-order valence-electron chi connectivity index (χ0n) is 25.8. The van der Waals surface area contributed by atoms with E-state index in [0.717, 1.165) is 23.8 Å². The van der Waals surface area contributed by atoms with Crippen LogP contribution in [0.3, 0.4) is 0 Å². The molecule has 0 aliphatic carbocycles. The highest BCUT2D eigenvalue weighted by atomic mass is 35.5. The Morgan fingerprint density at radius 3 is 2.34 bits per heavy atom. The number of aliphatic hydroxyl groups is 1. The normalized spacial score (nSPS) is 21.5. The van der Waals surface area contributed by atoms with Crippen molar-refractivity contribution in [2.45, 2.75) is 42.3 Å². The van der Waals surface area contributed by atoms with Crippen LogP contribution in [0.1, 0.15) is 23.1 Å². The van der Waals surface area contributed by atoms with Gasteiger partial charge in [-0.05, 0) is 55.3 Å². The van der Waals surface area contributed by atoms with Gasteiger partial charge in [0.25, 0.3) is 15.9 Å². The maximum Gasteiger partial charge on any atom is 0.573 e. The number of methoxy groups -OCH3 is 2. The van der Waals surface area contributed by atoms with Gasteiger partial charge in [-0.25, -0.2) is 12.7 Å². The number of ether oxygens (including phenoxy) is 3. The minimum atomic E-state index is -5.30. The standard InChI is InChI=1S/C31H31ClF3N3O8S/c1-17-6-9-21(25(12-17)45-5)30(37-16-19(39)14-24(37)28(40)36(2)3)22-13-18(32)7-10-23(22)38(29(30)41)47(42,43)27-11-8-20(44-4)15-26(27)46-31(33,34)35/h6-13,15,19,24,39H,14,16H2,1-5H3/t19-,24+,30?/m1/s1. The first kappa shape index (κ1) is 34.3. The molecule has 2 aliphatic rings. The molecule has 3 atom stereocenters. The number of rotatable bonds is 8. The van der Waals surface area contributed by atoms with Crippen LogP contribution < -0.4 is 18.5 Å². The second-order valence-electron chi connectivity index (χ2n) is 11.3. The number of β-amino-alcohol motifs (C(OH)–C–C–N with tert-alkyl or cyclic N) is 1. The smallest absolute Gasteiger partial charge is 0.497 e. The van der Waals surface area contributed by atoms with Gasteiger partial charge in [0.05, 0.1) is 32.1 Å². The number of hydrogen-bond acceptors (Lipinski definition) is 9. The zero-order valence-corrected chi connectivity index (χ0v) is 27.4. The van der Waals surface area contributed by atoms with Crippen LogP contribution in [0.15, 0.2) is 59.5 Å². The lowest BCUT2D eigenvalue weighted by Gasteiger charge is -2.42. The molecular weight excluding hydrogens is 667 g/mol. The van der Waals surface area contributed by atoms with Crippen LogP contribution in [0.4, 0.5) is 18.9 Å². The van der Waals surface area contributed by atoms with Crippen molar-refractivity contribution in [2.24, 2.45) is 0 Å². The fourth-order valence-corrected chi connectivity index (χ4v) is 7.96. The number of anilines is 1. The highest BCUT2D eigenvalue weighted by Gasteiger charge is 2.64. The van der Waals surface area contributed by atoms with Crippen LogP contribution in [0.2, 0.25) is 5.02 Å². The van der Waals surface area contributed by atoms with Crippen molar-refractivity contribution >= 4 is 39.1 Å². The summed E-state index contributed by atoms with van der Waals surface area (Å²) in [4.78, 5) is 30.5. The summed E-state index contributed by atoms with van der Waals surface area (Å²) in [5.74, 6) is -2.79. The molecule has 1 unspecified atom stereocenters. The number of alkyl halides is 3. The van der Waals surface area contributed by atoms with Crippen molar-refractivity contribution in [3.63, 3.8) is 0 Å². The van der Waals surface area contributed by atoms with Gasteiger partial charge in [0.2, 0.25) is 5.91 Å². The first-order chi connectivity index (χ1) is 22.0. The van der Waals surface area contributed by atoms with E-state index in [1.807, 2.05) is 0 Å². The minimum Gasteiger partial charge on any atom is -0.497 e. The Balaban J connectivity index is 1.87. The van der Waals surface area contributed by atoms with Crippen LogP contribution in [0.25, 0.3) is 0 Å². The van der Waals surface area contributed by atoms with Crippen molar-refractivity contribution in [3.05, 3.63) is 76.3 Å². The Morgan fingerprint density at radius 2 is 1.72 bits per heavy atom. The van der Waals surface area contributed by atoms with Crippen molar-refractivity contribution in [2.75, 3.05) is 39.2 Å². The zero-order chi connectivity index (χ0) is 34.6. The molecule has 2 heterocycles. The number of benzene rings is 3. The van der Waals surface area contributed by atoms with Crippen LogP contribution in [0.5, 0.6) is 17.2 Å². The Bertz CT molecular complexity index is 1860. The summed E-state index contributed by atoms with van der Waals surface area (Å²) in [6.45, 7) is 1.50. The molecule has 3 aromatic rings. The number of aryl methyl sites for hydroxylation is 1. The summed E-state index contributed by atoms with van der Waals surface area (Å²) in [7, 11) is 0.293. The predicted molar refractivity (Wildman–Crippen MR) is 164 cm³/mol. The molecular formula is C31H31ClF3N3O8S. The van der Waals surface area contributed by atoms with E-state index in [2.05, 4.69) is 4.74 Å². The van der Waals surface area contributed by atoms with Gasteiger partial charge in [-0.3, -0.25) is 14.5 Å². The molecule has 11 nitrogen and oxygen atoms in total. The van der Waals surface area contributed by atoms with Crippen molar-refractivity contribution in [3.8, 4) is 17.2 Å². The van der Waals surface area contributed by atoms with E-state index in [1.165, 1.54) is 56.3 Å². The molecule has 0 spiro atoms. The molecule has 47 heavy (non-hydrogen) atoms. The SMILES string of the molecule is COc1ccc(S(=O)(=O)N2C(=O)C(c3ccc(C)cc3OC)(N3C[C@H](O)C[C@H]3C(=O)N(C)C)c3cc(Cl)ccc32)c(OC(F)(F)F)c1. The Morgan fingerprint density at radius 1 is 1.02 bits per heavy atom. The van der Waals surface area contributed by atoms with Crippen LogP contribution >= 0.6 is 11.6 Å². The summed E-state index contributed by atoms with van der Waals surface area (Å²) in [5, 5.41) is 11.0. The summed E-state index contributed by atoms with van der Waals surface area (Å²) in [5.41, 5.74) is -1.59. The van der Waals surface area contributed by atoms with Gasteiger partial charge in [-0.2, -0.15) is 0 Å². The third kappa shape index (κ3) is 5.75. The molecule has 1 saturated heterocycles. The van der Waals surface area contributed by atoms with Gasteiger partial charge < -0.3 is 24.2 Å². The van der Waals surface area contributed by atoms with E-state index >= 15 is 4.79 Å². The number of likely N-dealkylation sites (N-methyl/N-ethyl adjacent to an activating group) is 1. The quantitative estimate of drug-likeness (QED) is 0.371. The van der Waals surface area contributed by atoms with E-state index < -0.39 is 56.5 Å². The molecule has 16 heteroatoms. The molecule has 2 aliphatic heterocycles. The van der Waals surface area contributed by atoms with Gasteiger partial charge in [0.15, 0.2) is 11.3 Å². The first-order valence-corrected chi connectivity index (χ1v) is 15.9. The summed E-state index contributed by atoms with van der Waals surface area (Å²) in [6, 6.07) is 10.3. The second-order valence-corrected chi connectivity index (χ2v) is 13.5. The lowest BCUT2D eigenvalue weighted by molar-refractivity contribution is -0.275. The number of halogens is 4. The number of nitrogens with zero attached hydrogens (tertiary/aromatic N) is 3. The highest BCUT2D eigenvalue weighted by Crippen LogP contribution is 2.55. The molecule has 1 fully saturated rings. The Labute approximate surface area is 274 Å². The van der Waals surface area contributed by atoms with E-state index in [1.54, 1.807) is 25.1 Å².